The molecular weight excluding hydrogens is 244 g/mol. The van der Waals surface area contributed by atoms with Crippen molar-refractivity contribution in [1.82, 2.24) is 0 Å². The molecule has 19 heavy (non-hydrogen) atoms. The summed E-state index contributed by atoms with van der Waals surface area (Å²) in [4.78, 5) is 22.9. The molecule has 1 atom stereocenters. The molecule has 0 radical (unpaired) electrons. The number of carboxylic acids is 1. The van der Waals surface area contributed by atoms with Crippen LogP contribution in [0.4, 0.5) is 0 Å². The van der Waals surface area contributed by atoms with Gasteiger partial charge in [-0.2, -0.15) is 0 Å². The van der Waals surface area contributed by atoms with E-state index in [1.165, 1.54) is 12.1 Å². The fraction of sp³-hybridized carbons (Fsp3) is 0.467. The third-order valence-electron chi connectivity index (χ3n) is 3.21. The number of ether oxygens (including phenoxy) is 1. The van der Waals surface area contributed by atoms with Crippen LogP contribution in [0.15, 0.2) is 24.3 Å². The Bertz CT molecular complexity index is 467. The van der Waals surface area contributed by atoms with Gasteiger partial charge in [-0.1, -0.05) is 26.3 Å². The highest BCUT2D eigenvalue weighted by molar-refractivity contribution is 5.94. The van der Waals surface area contributed by atoms with Crippen LogP contribution >= 0.6 is 0 Å². The zero-order valence-electron chi connectivity index (χ0n) is 11.6. The first-order valence-electron chi connectivity index (χ1n) is 6.48. The first kappa shape index (κ1) is 15.2. The van der Waals surface area contributed by atoms with Crippen molar-refractivity contribution in [3.05, 3.63) is 35.4 Å². The second kappa shape index (κ2) is 6.36. The first-order chi connectivity index (χ1) is 8.91. The minimum atomic E-state index is -1.05. The average Bonchev–Trinajstić information content (AvgIpc) is 2.39. The van der Waals surface area contributed by atoms with Crippen molar-refractivity contribution >= 4 is 11.9 Å². The summed E-state index contributed by atoms with van der Waals surface area (Å²) < 4.78 is 5.52. The molecule has 1 aromatic carbocycles. The molecule has 1 aromatic rings. The second-order valence-electron chi connectivity index (χ2n) is 4.83. The lowest BCUT2D eigenvalue weighted by molar-refractivity contribution is -0.0156. The molecule has 1 N–H and O–H groups in total. The standard InChI is InChI=1S/C15H20O4/c1-4-9-15(3,5-2)19-14(18)12-8-6-7-11(10-12)13(16)17/h6-8,10H,4-5,9H2,1-3H3,(H,16,17). The summed E-state index contributed by atoms with van der Waals surface area (Å²) >= 11 is 0. The summed E-state index contributed by atoms with van der Waals surface area (Å²) in [7, 11) is 0. The third kappa shape index (κ3) is 4.09. The topological polar surface area (TPSA) is 63.6 Å². The van der Waals surface area contributed by atoms with Gasteiger partial charge in [-0.05, 0) is 38.0 Å². The highest BCUT2D eigenvalue weighted by atomic mass is 16.6. The van der Waals surface area contributed by atoms with Gasteiger partial charge in [0.2, 0.25) is 0 Å². The molecule has 1 unspecified atom stereocenters. The number of hydrogen-bond donors (Lipinski definition) is 1. The molecule has 0 bridgehead atoms. The number of esters is 1. The Morgan fingerprint density at radius 1 is 1.26 bits per heavy atom. The van der Waals surface area contributed by atoms with Crippen molar-refractivity contribution in [3.63, 3.8) is 0 Å². The second-order valence-corrected chi connectivity index (χ2v) is 4.83. The zero-order chi connectivity index (χ0) is 14.5. The molecule has 0 aliphatic carbocycles. The van der Waals surface area contributed by atoms with Crippen LogP contribution in [-0.4, -0.2) is 22.6 Å². The highest BCUT2D eigenvalue weighted by Crippen LogP contribution is 2.23. The Morgan fingerprint density at radius 2 is 1.89 bits per heavy atom. The summed E-state index contributed by atoms with van der Waals surface area (Å²) in [5, 5.41) is 8.90. The van der Waals surface area contributed by atoms with E-state index in [1.807, 2.05) is 20.8 Å². The van der Waals surface area contributed by atoms with Crippen molar-refractivity contribution in [2.45, 2.75) is 45.6 Å². The van der Waals surface area contributed by atoms with Gasteiger partial charge in [-0.15, -0.1) is 0 Å². The minimum absolute atomic E-state index is 0.0862. The minimum Gasteiger partial charge on any atom is -0.478 e. The average molecular weight is 264 g/mol. The van der Waals surface area contributed by atoms with Gasteiger partial charge < -0.3 is 9.84 Å². The van der Waals surface area contributed by atoms with Gasteiger partial charge in [-0.3, -0.25) is 0 Å². The van der Waals surface area contributed by atoms with Gasteiger partial charge in [0.05, 0.1) is 11.1 Å². The quantitative estimate of drug-likeness (QED) is 0.798. The zero-order valence-corrected chi connectivity index (χ0v) is 11.6. The lowest BCUT2D eigenvalue weighted by Gasteiger charge is -2.28. The molecule has 104 valence electrons. The lowest BCUT2D eigenvalue weighted by Crippen LogP contribution is -2.30. The molecule has 0 aliphatic rings. The summed E-state index contributed by atoms with van der Waals surface area (Å²) in [6.45, 7) is 5.90. The summed E-state index contributed by atoms with van der Waals surface area (Å²) in [6.07, 6.45) is 2.44. The summed E-state index contributed by atoms with van der Waals surface area (Å²) in [5.74, 6) is -1.53. The van der Waals surface area contributed by atoms with E-state index < -0.39 is 17.5 Å². The molecule has 0 fully saturated rings. The fourth-order valence-electron chi connectivity index (χ4n) is 1.89. The predicted molar refractivity (Wildman–Crippen MR) is 72.4 cm³/mol. The Kier molecular flexibility index (Phi) is 5.10. The Balaban J connectivity index is 2.88. The van der Waals surface area contributed by atoms with Crippen molar-refractivity contribution in [2.24, 2.45) is 0 Å². The SMILES string of the molecule is CCCC(C)(CC)OC(=O)c1cccc(C(=O)O)c1. The normalized spacial score (nSPS) is 13.6. The van der Waals surface area contributed by atoms with Crippen LogP contribution in [0.5, 0.6) is 0 Å². The number of carbonyl (C=O) groups is 2. The van der Waals surface area contributed by atoms with Crippen LogP contribution in [0.1, 0.15) is 60.7 Å². The van der Waals surface area contributed by atoms with Crippen molar-refractivity contribution in [1.29, 1.82) is 0 Å². The van der Waals surface area contributed by atoms with E-state index in [2.05, 4.69) is 0 Å². The maximum Gasteiger partial charge on any atom is 0.338 e. The molecule has 0 aliphatic heterocycles. The van der Waals surface area contributed by atoms with Gasteiger partial charge in [0.1, 0.15) is 5.60 Å². The Morgan fingerprint density at radius 3 is 2.42 bits per heavy atom. The van der Waals surface area contributed by atoms with Gasteiger partial charge in [0, 0.05) is 0 Å². The first-order valence-corrected chi connectivity index (χ1v) is 6.48. The monoisotopic (exact) mass is 264 g/mol. The van der Waals surface area contributed by atoms with Crippen LogP contribution in [0.3, 0.4) is 0 Å². The van der Waals surface area contributed by atoms with Gasteiger partial charge in [0.25, 0.3) is 0 Å². The van der Waals surface area contributed by atoms with Crippen LogP contribution in [0.2, 0.25) is 0 Å². The van der Waals surface area contributed by atoms with Crippen molar-refractivity contribution in [2.75, 3.05) is 0 Å². The number of carbonyl (C=O) groups excluding carboxylic acids is 1. The van der Waals surface area contributed by atoms with Crippen LogP contribution in [0.25, 0.3) is 0 Å². The van der Waals surface area contributed by atoms with E-state index >= 15 is 0 Å². The van der Waals surface area contributed by atoms with Gasteiger partial charge in [-0.25, -0.2) is 9.59 Å². The molecule has 0 spiro atoms. The number of hydrogen-bond acceptors (Lipinski definition) is 3. The third-order valence-corrected chi connectivity index (χ3v) is 3.21. The molecule has 0 heterocycles. The van der Waals surface area contributed by atoms with E-state index in [-0.39, 0.29) is 11.1 Å². The predicted octanol–water partition coefficient (Wildman–Crippen LogP) is 3.51. The molecule has 0 saturated carbocycles. The number of benzene rings is 1. The maximum atomic E-state index is 12.1. The van der Waals surface area contributed by atoms with Gasteiger partial charge in [0.15, 0.2) is 0 Å². The number of rotatable bonds is 6. The Hall–Kier alpha value is -1.84. The molecular formula is C15H20O4. The van der Waals surface area contributed by atoms with E-state index in [1.54, 1.807) is 12.1 Å². The van der Waals surface area contributed by atoms with Gasteiger partial charge >= 0.3 is 11.9 Å². The number of carboxylic acid groups (broad SMARTS) is 1. The largest absolute Gasteiger partial charge is 0.478 e. The molecule has 4 heteroatoms. The molecule has 0 amide bonds. The van der Waals surface area contributed by atoms with E-state index in [9.17, 15) is 9.59 Å². The Labute approximate surface area is 113 Å². The molecule has 0 aromatic heterocycles. The smallest absolute Gasteiger partial charge is 0.338 e. The molecule has 1 rings (SSSR count). The van der Waals surface area contributed by atoms with Crippen molar-refractivity contribution in [3.8, 4) is 0 Å². The molecule has 0 saturated heterocycles. The molecule has 4 nitrogen and oxygen atoms in total. The van der Waals surface area contributed by atoms with E-state index in [4.69, 9.17) is 9.84 Å². The van der Waals surface area contributed by atoms with E-state index in [0.29, 0.717) is 0 Å². The summed E-state index contributed by atoms with van der Waals surface area (Å²) in [6, 6.07) is 5.90. The fourth-order valence-corrected chi connectivity index (χ4v) is 1.89. The van der Waals surface area contributed by atoms with Crippen molar-refractivity contribution < 1.29 is 19.4 Å². The van der Waals surface area contributed by atoms with Crippen LogP contribution in [-0.2, 0) is 4.74 Å². The highest BCUT2D eigenvalue weighted by Gasteiger charge is 2.26. The maximum absolute atomic E-state index is 12.1. The van der Waals surface area contributed by atoms with E-state index in [0.717, 1.165) is 19.3 Å². The van der Waals surface area contributed by atoms with Crippen LogP contribution in [0, 0.1) is 0 Å². The number of aromatic carboxylic acids is 1. The lowest BCUT2D eigenvalue weighted by atomic mass is 9.97. The summed E-state index contributed by atoms with van der Waals surface area (Å²) in [5.41, 5.74) is -0.135. The van der Waals surface area contributed by atoms with Crippen LogP contribution < -0.4 is 0 Å².